The van der Waals surface area contributed by atoms with Crippen LogP contribution in [0.4, 0.5) is 13.2 Å². The first-order chi connectivity index (χ1) is 6.93. The zero-order valence-corrected chi connectivity index (χ0v) is 8.25. The molecule has 0 aliphatic rings. The second-order valence-electron chi connectivity index (χ2n) is 3.32. The van der Waals surface area contributed by atoms with Gasteiger partial charge in [-0.1, -0.05) is 0 Å². The zero-order valence-electron chi connectivity index (χ0n) is 8.25. The maximum absolute atomic E-state index is 12.3. The van der Waals surface area contributed by atoms with Crippen LogP contribution in [0, 0.1) is 0 Å². The summed E-state index contributed by atoms with van der Waals surface area (Å²) in [7, 11) is 1.71. The molecule has 86 valence electrons. The van der Waals surface area contributed by atoms with Gasteiger partial charge in [0.25, 0.3) is 0 Å². The fourth-order valence-electron chi connectivity index (χ4n) is 1.25. The first-order valence-corrected chi connectivity index (χ1v) is 4.44. The molecule has 4 nitrogen and oxygen atoms in total. The molecule has 0 fully saturated rings. The maximum Gasteiger partial charge on any atom is 0.405 e. The molecule has 15 heavy (non-hydrogen) atoms. The van der Waals surface area contributed by atoms with Crippen molar-refractivity contribution in [3.8, 4) is 0 Å². The minimum Gasteiger partial charge on any atom is -0.276 e. The van der Waals surface area contributed by atoms with Gasteiger partial charge in [-0.3, -0.25) is 10.5 Å². The van der Waals surface area contributed by atoms with Crippen molar-refractivity contribution < 1.29 is 13.2 Å². The van der Waals surface area contributed by atoms with Crippen molar-refractivity contribution in [2.24, 2.45) is 12.9 Å². The third-order valence-electron chi connectivity index (χ3n) is 2.08. The summed E-state index contributed by atoms with van der Waals surface area (Å²) in [5, 5.41) is 3.87. The van der Waals surface area contributed by atoms with Crippen molar-refractivity contribution >= 4 is 0 Å². The van der Waals surface area contributed by atoms with Gasteiger partial charge in [0, 0.05) is 13.2 Å². The van der Waals surface area contributed by atoms with Crippen LogP contribution < -0.4 is 11.3 Å². The summed E-state index contributed by atoms with van der Waals surface area (Å²) >= 11 is 0. The largest absolute Gasteiger partial charge is 0.405 e. The van der Waals surface area contributed by atoms with Gasteiger partial charge in [0.05, 0.1) is 6.20 Å². The predicted molar refractivity (Wildman–Crippen MR) is 48.7 cm³/mol. The van der Waals surface area contributed by atoms with Gasteiger partial charge in [-0.25, -0.2) is 5.43 Å². The summed E-state index contributed by atoms with van der Waals surface area (Å²) in [4.78, 5) is 0. The molecule has 3 N–H and O–H groups in total. The summed E-state index contributed by atoms with van der Waals surface area (Å²) < 4.78 is 38.3. The number of hydrazine groups is 1. The molecular weight excluding hydrogens is 209 g/mol. The molecule has 0 aromatic carbocycles. The molecule has 1 unspecified atom stereocenters. The fraction of sp³-hybridized carbons (Fsp3) is 0.625. The monoisotopic (exact) mass is 222 g/mol. The molecule has 0 radical (unpaired) electrons. The van der Waals surface area contributed by atoms with Gasteiger partial charge in [-0.05, 0) is 18.4 Å². The normalized spacial score (nSPS) is 14.2. The Kier molecular flexibility index (Phi) is 3.70. The average molecular weight is 222 g/mol. The van der Waals surface area contributed by atoms with Crippen LogP contribution >= 0.6 is 0 Å². The van der Waals surface area contributed by atoms with E-state index >= 15 is 0 Å². The van der Waals surface area contributed by atoms with E-state index in [1.54, 1.807) is 29.5 Å². The standard InChI is InChI=1S/C8H13F3N4/c1-15-5-6(4-13-15)2-3-7(14-12)8(9,10)11/h4-5,7,14H,2-3,12H2,1H3. The number of nitrogens with zero attached hydrogens (tertiary/aromatic N) is 2. The van der Waals surface area contributed by atoms with E-state index in [-0.39, 0.29) is 6.42 Å². The molecule has 0 saturated carbocycles. The smallest absolute Gasteiger partial charge is 0.276 e. The second kappa shape index (κ2) is 4.63. The lowest BCUT2D eigenvalue weighted by atomic mass is 10.1. The first-order valence-electron chi connectivity index (χ1n) is 4.44. The van der Waals surface area contributed by atoms with Gasteiger partial charge in [0.1, 0.15) is 6.04 Å². The highest BCUT2D eigenvalue weighted by Gasteiger charge is 2.38. The van der Waals surface area contributed by atoms with E-state index in [0.717, 1.165) is 5.56 Å². The van der Waals surface area contributed by atoms with E-state index in [2.05, 4.69) is 5.10 Å². The van der Waals surface area contributed by atoms with Crippen LogP contribution in [0.3, 0.4) is 0 Å². The minimum atomic E-state index is -4.31. The van der Waals surface area contributed by atoms with Gasteiger partial charge in [0.2, 0.25) is 0 Å². The fourth-order valence-corrected chi connectivity index (χ4v) is 1.25. The Morgan fingerprint density at radius 2 is 2.27 bits per heavy atom. The molecule has 7 heteroatoms. The van der Waals surface area contributed by atoms with Crippen LogP contribution in [-0.4, -0.2) is 22.0 Å². The van der Waals surface area contributed by atoms with Crippen LogP contribution in [0.5, 0.6) is 0 Å². The van der Waals surface area contributed by atoms with E-state index in [1.807, 2.05) is 0 Å². The quantitative estimate of drug-likeness (QED) is 0.583. The molecule has 0 amide bonds. The third kappa shape index (κ3) is 3.52. The molecule has 0 bridgehead atoms. The summed E-state index contributed by atoms with van der Waals surface area (Å²) in [6.45, 7) is 0. The highest BCUT2D eigenvalue weighted by Crippen LogP contribution is 2.22. The van der Waals surface area contributed by atoms with E-state index in [1.165, 1.54) is 0 Å². The summed E-state index contributed by atoms with van der Waals surface area (Å²) in [6, 6.07) is -1.67. The first kappa shape index (κ1) is 12.0. The Morgan fingerprint density at radius 3 is 2.67 bits per heavy atom. The van der Waals surface area contributed by atoms with E-state index in [9.17, 15) is 13.2 Å². The molecule has 1 aromatic rings. The lowest BCUT2D eigenvalue weighted by Gasteiger charge is -2.18. The number of hydrogen-bond donors (Lipinski definition) is 2. The topological polar surface area (TPSA) is 55.9 Å². The highest BCUT2D eigenvalue weighted by molar-refractivity contribution is 5.04. The Bertz CT molecular complexity index is 307. The number of nitrogens with one attached hydrogen (secondary N) is 1. The lowest BCUT2D eigenvalue weighted by molar-refractivity contribution is -0.157. The van der Waals surface area contributed by atoms with Crippen LogP contribution in [0.25, 0.3) is 0 Å². The minimum absolute atomic E-state index is 0.0916. The van der Waals surface area contributed by atoms with Crippen LogP contribution in [0.2, 0.25) is 0 Å². The van der Waals surface area contributed by atoms with E-state index in [4.69, 9.17) is 5.84 Å². The number of aryl methyl sites for hydroxylation is 2. The molecule has 0 spiro atoms. The second-order valence-corrected chi connectivity index (χ2v) is 3.32. The summed E-state index contributed by atoms with van der Waals surface area (Å²) in [6.07, 6.45) is -0.876. The van der Waals surface area contributed by atoms with Crippen molar-refractivity contribution in [2.45, 2.75) is 25.1 Å². The zero-order chi connectivity index (χ0) is 11.5. The summed E-state index contributed by atoms with van der Waals surface area (Å²) in [5.41, 5.74) is 2.53. The number of hydrogen-bond acceptors (Lipinski definition) is 3. The Balaban J connectivity index is 2.48. The van der Waals surface area contributed by atoms with Crippen molar-refractivity contribution in [1.82, 2.24) is 15.2 Å². The number of aromatic nitrogens is 2. The van der Waals surface area contributed by atoms with Crippen LogP contribution in [0.1, 0.15) is 12.0 Å². The summed E-state index contributed by atoms with van der Waals surface area (Å²) in [5.74, 6) is 4.84. The third-order valence-corrected chi connectivity index (χ3v) is 2.08. The van der Waals surface area contributed by atoms with Crippen molar-refractivity contribution in [3.05, 3.63) is 18.0 Å². The number of nitrogens with two attached hydrogens (primary N) is 1. The predicted octanol–water partition coefficient (Wildman–Crippen LogP) is 0.747. The van der Waals surface area contributed by atoms with Crippen LogP contribution in [-0.2, 0) is 13.5 Å². The van der Waals surface area contributed by atoms with Gasteiger partial charge in [-0.15, -0.1) is 0 Å². The number of rotatable bonds is 4. The Labute approximate surface area is 85.2 Å². The molecule has 1 aromatic heterocycles. The number of halogens is 3. The lowest BCUT2D eigenvalue weighted by Crippen LogP contribution is -2.46. The molecule has 0 aliphatic carbocycles. The van der Waals surface area contributed by atoms with Crippen molar-refractivity contribution in [2.75, 3.05) is 0 Å². The molecule has 0 aliphatic heterocycles. The Hall–Kier alpha value is -1.08. The molecular formula is C8H13F3N4. The van der Waals surface area contributed by atoms with Gasteiger partial charge in [-0.2, -0.15) is 18.3 Å². The molecule has 1 heterocycles. The Morgan fingerprint density at radius 1 is 1.60 bits per heavy atom. The average Bonchev–Trinajstić information content (AvgIpc) is 2.50. The molecule has 1 atom stereocenters. The van der Waals surface area contributed by atoms with Crippen LogP contribution in [0.15, 0.2) is 12.4 Å². The van der Waals surface area contributed by atoms with Crippen molar-refractivity contribution in [3.63, 3.8) is 0 Å². The number of alkyl halides is 3. The maximum atomic E-state index is 12.3. The van der Waals surface area contributed by atoms with Gasteiger partial charge >= 0.3 is 6.18 Å². The SMILES string of the molecule is Cn1cc(CCC(NN)C(F)(F)F)cn1. The highest BCUT2D eigenvalue weighted by atomic mass is 19.4. The molecule has 1 rings (SSSR count). The van der Waals surface area contributed by atoms with E-state index < -0.39 is 12.2 Å². The van der Waals surface area contributed by atoms with Gasteiger partial charge < -0.3 is 0 Å². The van der Waals surface area contributed by atoms with E-state index in [0.29, 0.717) is 6.42 Å². The van der Waals surface area contributed by atoms with Gasteiger partial charge in [0.15, 0.2) is 0 Å². The van der Waals surface area contributed by atoms with Crippen molar-refractivity contribution in [1.29, 1.82) is 0 Å². The molecule has 0 saturated heterocycles.